The second-order valence-electron chi connectivity index (χ2n) is 2.69. The SMILES string of the molecule is N/C(CCNC(=O)c1sccc1Cl)=N/O. The summed E-state index contributed by atoms with van der Waals surface area (Å²) in [4.78, 5) is 11.9. The van der Waals surface area contributed by atoms with Gasteiger partial charge in [0, 0.05) is 13.0 Å². The molecule has 0 aliphatic carbocycles. The van der Waals surface area contributed by atoms with Crippen molar-refractivity contribution in [2.45, 2.75) is 6.42 Å². The lowest BCUT2D eigenvalue weighted by Gasteiger charge is -2.02. The number of nitrogens with one attached hydrogen (secondary N) is 1. The maximum atomic E-state index is 11.5. The number of rotatable bonds is 4. The van der Waals surface area contributed by atoms with Crippen molar-refractivity contribution in [3.05, 3.63) is 21.3 Å². The van der Waals surface area contributed by atoms with Gasteiger partial charge < -0.3 is 16.3 Å². The average molecular weight is 248 g/mol. The van der Waals surface area contributed by atoms with Crippen molar-refractivity contribution in [1.82, 2.24) is 5.32 Å². The lowest BCUT2D eigenvalue weighted by molar-refractivity contribution is 0.0959. The van der Waals surface area contributed by atoms with Crippen LogP contribution in [0.2, 0.25) is 5.02 Å². The van der Waals surface area contributed by atoms with Crippen molar-refractivity contribution < 1.29 is 10.0 Å². The summed E-state index contributed by atoms with van der Waals surface area (Å²) in [6.07, 6.45) is 0.297. The zero-order valence-electron chi connectivity index (χ0n) is 7.74. The molecule has 0 saturated heterocycles. The molecule has 0 atom stereocenters. The van der Waals surface area contributed by atoms with Crippen molar-refractivity contribution >= 4 is 34.7 Å². The highest BCUT2D eigenvalue weighted by Crippen LogP contribution is 2.21. The summed E-state index contributed by atoms with van der Waals surface area (Å²) in [6, 6.07) is 1.66. The molecule has 7 heteroatoms. The summed E-state index contributed by atoms with van der Waals surface area (Å²) in [6.45, 7) is 0.308. The van der Waals surface area contributed by atoms with Crippen LogP contribution >= 0.6 is 22.9 Å². The molecule has 1 aromatic rings. The van der Waals surface area contributed by atoms with E-state index in [1.807, 2.05) is 0 Å². The highest BCUT2D eigenvalue weighted by molar-refractivity contribution is 7.12. The van der Waals surface area contributed by atoms with Gasteiger partial charge in [0.05, 0.1) is 5.02 Å². The molecule has 1 amide bonds. The third kappa shape index (κ3) is 3.41. The summed E-state index contributed by atoms with van der Waals surface area (Å²) >= 11 is 7.03. The van der Waals surface area contributed by atoms with Crippen LogP contribution in [-0.2, 0) is 0 Å². The Morgan fingerprint density at radius 2 is 2.47 bits per heavy atom. The number of oxime groups is 1. The average Bonchev–Trinajstić information content (AvgIpc) is 2.64. The van der Waals surface area contributed by atoms with Gasteiger partial charge in [0.1, 0.15) is 10.7 Å². The first-order chi connectivity index (χ1) is 7.15. The predicted octanol–water partition coefficient (Wildman–Crippen LogP) is 1.27. The van der Waals surface area contributed by atoms with Gasteiger partial charge in [-0.25, -0.2) is 0 Å². The lowest BCUT2D eigenvalue weighted by atomic mass is 10.3. The third-order valence-corrected chi connectivity index (χ3v) is 2.96. The van der Waals surface area contributed by atoms with Gasteiger partial charge in [-0.3, -0.25) is 4.79 Å². The van der Waals surface area contributed by atoms with Crippen LogP contribution in [0.5, 0.6) is 0 Å². The summed E-state index contributed by atoms with van der Waals surface area (Å²) in [7, 11) is 0. The van der Waals surface area contributed by atoms with Crippen LogP contribution in [0.15, 0.2) is 16.6 Å². The Morgan fingerprint density at radius 3 is 3.00 bits per heavy atom. The van der Waals surface area contributed by atoms with E-state index >= 15 is 0 Å². The third-order valence-electron chi connectivity index (χ3n) is 1.62. The summed E-state index contributed by atoms with van der Waals surface area (Å²) < 4.78 is 0. The molecule has 0 unspecified atom stereocenters. The van der Waals surface area contributed by atoms with Crippen LogP contribution in [0.4, 0.5) is 0 Å². The number of carbonyl (C=O) groups excluding carboxylic acids is 1. The normalized spacial score (nSPS) is 11.4. The highest BCUT2D eigenvalue weighted by atomic mass is 35.5. The molecular weight excluding hydrogens is 238 g/mol. The van der Waals surface area contributed by atoms with Gasteiger partial charge in [-0.15, -0.1) is 11.3 Å². The fraction of sp³-hybridized carbons (Fsp3) is 0.250. The zero-order valence-corrected chi connectivity index (χ0v) is 9.31. The number of nitrogens with two attached hydrogens (primary N) is 1. The Bertz CT molecular complexity index is 378. The molecule has 0 aliphatic heterocycles. The molecule has 4 N–H and O–H groups in total. The molecule has 15 heavy (non-hydrogen) atoms. The smallest absolute Gasteiger partial charge is 0.262 e. The maximum Gasteiger partial charge on any atom is 0.262 e. The van der Waals surface area contributed by atoms with E-state index in [0.29, 0.717) is 22.9 Å². The standard InChI is InChI=1S/C8H10ClN3O2S/c9-5-2-4-15-7(5)8(13)11-3-1-6(10)12-14/h2,4,14H,1,3H2,(H2,10,12)(H,11,13). The van der Waals surface area contributed by atoms with Gasteiger partial charge >= 0.3 is 0 Å². The number of amides is 1. The minimum atomic E-state index is -0.249. The van der Waals surface area contributed by atoms with Gasteiger partial charge in [0.25, 0.3) is 5.91 Å². The maximum absolute atomic E-state index is 11.5. The number of hydrogen-bond acceptors (Lipinski definition) is 4. The van der Waals surface area contributed by atoms with Gasteiger partial charge in [-0.2, -0.15) is 0 Å². The Balaban J connectivity index is 2.41. The Morgan fingerprint density at radius 1 is 1.73 bits per heavy atom. The molecule has 82 valence electrons. The van der Waals surface area contributed by atoms with Crippen molar-refractivity contribution in [2.24, 2.45) is 10.9 Å². The number of nitrogens with zero attached hydrogens (tertiary/aromatic N) is 1. The quantitative estimate of drug-likeness (QED) is 0.324. The highest BCUT2D eigenvalue weighted by Gasteiger charge is 2.10. The molecule has 0 bridgehead atoms. The molecular formula is C8H10ClN3O2S. The zero-order chi connectivity index (χ0) is 11.3. The molecule has 0 aliphatic rings. The molecule has 1 aromatic heterocycles. The first kappa shape index (κ1) is 11.8. The second-order valence-corrected chi connectivity index (χ2v) is 4.02. The van der Waals surface area contributed by atoms with Crippen LogP contribution in [0.3, 0.4) is 0 Å². The number of thiophene rings is 1. The van der Waals surface area contributed by atoms with Crippen LogP contribution < -0.4 is 11.1 Å². The van der Waals surface area contributed by atoms with E-state index in [9.17, 15) is 4.79 Å². The summed E-state index contributed by atoms with van der Waals surface area (Å²) in [5.41, 5.74) is 5.23. The fourth-order valence-electron chi connectivity index (χ4n) is 0.890. The van der Waals surface area contributed by atoms with Crippen LogP contribution in [-0.4, -0.2) is 23.5 Å². The van der Waals surface area contributed by atoms with E-state index in [-0.39, 0.29) is 11.7 Å². The first-order valence-electron chi connectivity index (χ1n) is 4.12. The van der Waals surface area contributed by atoms with Crippen molar-refractivity contribution in [2.75, 3.05) is 6.54 Å². The summed E-state index contributed by atoms with van der Waals surface area (Å²) in [5, 5.41) is 15.8. The fourth-order valence-corrected chi connectivity index (χ4v) is 1.95. The van der Waals surface area contributed by atoms with Crippen molar-refractivity contribution in [3.63, 3.8) is 0 Å². The number of halogens is 1. The molecule has 0 aromatic carbocycles. The van der Waals surface area contributed by atoms with E-state index < -0.39 is 0 Å². The molecule has 0 radical (unpaired) electrons. The van der Waals surface area contributed by atoms with Gasteiger partial charge in [0.15, 0.2) is 0 Å². The van der Waals surface area contributed by atoms with Crippen LogP contribution in [0.25, 0.3) is 0 Å². The molecule has 5 nitrogen and oxygen atoms in total. The largest absolute Gasteiger partial charge is 0.409 e. The minimum absolute atomic E-state index is 0.0765. The predicted molar refractivity (Wildman–Crippen MR) is 59.7 cm³/mol. The van der Waals surface area contributed by atoms with Crippen molar-refractivity contribution in [1.29, 1.82) is 0 Å². The van der Waals surface area contributed by atoms with E-state index in [1.165, 1.54) is 11.3 Å². The molecule has 0 saturated carbocycles. The molecule has 0 fully saturated rings. The molecule has 1 rings (SSSR count). The van der Waals surface area contributed by atoms with Gasteiger partial charge in [-0.05, 0) is 11.4 Å². The molecule has 1 heterocycles. The van der Waals surface area contributed by atoms with Crippen LogP contribution in [0.1, 0.15) is 16.1 Å². The van der Waals surface area contributed by atoms with Gasteiger partial charge in [0.2, 0.25) is 0 Å². The van der Waals surface area contributed by atoms with E-state index in [2.05, 4.69) is 10.5 Å². The topological polar surface area (TPSA) is 87.7 Å². The number of hydrogen-bond donors (Lipinski definition) is 3. The number of amidine groups is 1. The van der Waals surface area contributed by atoms with Crippen molar-refractivity contribution in [3.8, 4) is 0 Å². The van der Waals surface area contributed by atoms with E-state index in [1.54, 1.807) is 11.4 Å². The minimum Gasteiger partial charge on any atom is -0.409 e. The Labute approximate surface area is 95.5 Å². The lowest BCUT2D eigenvalue weighted by Crippen LogP contribution is -2.27. The Kier molecular flexibility index (Phi) is 4.38. The van der Waals surface area contributed by atoms with E-state index in [0.717, 1.165) is 0 Å². The molecule has 0 spiro atoms. The monoisotopic (exact) mass is 247 g/mol. The Hall–Kier alpha value is -1.27. The number of carbonyl (C=O) groups is 1. The van der Waals surface area contributed by atoms with Gasteiger partial charge in [-0.1, -0.05) is 16.8 Å². The van der Waals surface area contributed by atoms with E-state index in [4.69, 9.17) is 22.5 Å². The first-order valence-corrected chi connectivity index (χ1v) is 5.38. The second kappa shape index (κ2) is 5.57. The summed E-state index contributed by atoms with van der Waals surface area (Å²) in [5.74, 6) is -0.173. The van der Waals surface area contributed by atoms with Crippen LogP contribution in [0, 0.1) is 0 Å².